The first kappa shape index (κ1) is 13.3. The van der Waals surface area contributed by atoms with E-state index in [9.17, 15) is 5.11 Å². The average molecular weight is 250 g/mol. The van der Waals surface area contributed by atoms with Gasteiger partial charge >= 0.3 is 0 Å². The molecule has 1 aromatic rings. The van der Waals surface area contributed by atoms with Crippen LogP contribution in [0.1, 0.15) is 36.9 Å². The highest BCUT2D eigenvalue weighted by molar-refractivity contribution is 5.44. The quantitative estimate of drug-likeness (QED) is 0.805. The number of aliphatic hydroxyl groups excluding tert-OH is 2. The molecule has 4 nitrogen and oxygen atoms in total. The van der Waals surface area contributed by atoms with Gasteiger partial charge < -0.3 is 15.1 Å². The Kier molecular flexibility index (Phi) is 4.55. The van der Waals surface area contributed by atoms with Crippen molar-refractivity contribution in [3.8, 4) is 0 Å². The molecular weight excluding hydrogens is 228 g/mol. The summed E-state index contributed by atoms with van der Waals surface area (Å²) in [5, 5.41) is 18.3. The number of hydrogen-bond acceptors (Lipinski definition) is 4. The summed E-state index contributed by atoms with van der Waals surface area (Å²) < 4.78 is 0. The van der Waals surface area contributed by atoms with Crippen LogP contribution in [0.15, 0.2) is 12.1 Å². The van der Waals surface area contributed by atoms with Crippen LogP contribution >= 0.6 is 0 Å². The largest absolute Gasteiger partial charge is 0.396 e. The van der Waals surface area contributed by atoms with Gasteiger partial charge in [-0.05, 0) is 50.3 Å². The summed E-state index contributed by atoms with van der Waals surface area (Å²) in [6.07, 6.45) is 4.45. The zero-order valence-corrected chi connectivity index (χ0v) is 11.0. The number of rotatable bonds is 6. The third-order valence-corrected chi connectivity index (χ3v) is 3.55. The van der Waals surface area contributed by atoms with E-state index in [0.29, 0.717) is 6.04 Å². The van der Waals surface area contributed by atoms with Crippen molar-refractivity contribution in [1.29, 1.82) is 0 Å². The van der Waals surface area contributed by atoms with E-state index < -0.39 is 0 Å². The summed E-state index contributed by atoms with van der Waals surface area (Å²) in [7, 11) is 0. The third-order valence-electron chi connectivity index (χ3n) is 3.55. The second-order valence-corrected chi connectivity index (χ2v) is 4.99. The fraction of sp³-hybridized carbons (Fsp3) is 0.643. The van der Waals surface area contributed by atoms with E-state index in [4.69, 9.17) is 5.11 Å². The Morgan fingerprint density at radius 1 is 1.33 bits per heavy atom. The molecular formula is C14H22N2O2. The maximum atomic E-state index is 9.27. The number of anilines is 1. The van der Waals surface area contributed by atoms with Crippen molar-refractivity contribution in [2.45, 2.75) is 45.3 Å². The lowest BCUT2D eigenvalue weighted by molar-refractivity contribution is 0.280. The molecule has 0 atom stereocenters. The van der Waals surface area contributed by atoms with E-state index >= 15 is 0 Å². The molecule has 0 radical (unpaired) electrons. The van der Waals surface area contributed by atoms with E-state index in [2.05, 4.69) is 9.88 Å². The Labute approximate surface area is 108 Å². The molecule has 1 aliphatic carbocycles. The van der Waals surface area contributed by atoms with Gasteiger partial charge in [0.25, 0.3) is 0 Å². The van der Waals surface area contributed by atoms with Gasteiger partial charge in [0.15, 0.2) is 0 Å². The Morgan fingerprint density at radius 2 is 2.11 bits per heavy atom. The first-order valence-corrected chi connectivity index (χ1v) is 6.70. The number of aliphatic hydroxyl groups is 2. The second kappa shape index (κ2) is 6.16. The zero-order valence-electron chi connectivity index (χ0n) is 11.0. The van der Waals surface area contributed by atoms with Crippen LogP contribution in [0.4, 0.5) is 5.82 Å². The maximum absolute atomic E-state index is 9.27. The van der Waals surface area contributed by atoms with Gasteiger partial charge in [0.1, 0.15) is 5.82 Å². The van der Waals surface area contributed by atoms with E-state index in [1.165, 1.54) is 19.3 Å². The lowest BCUT2D eigenvalue weighted by Gasteiger charge is -2.38. The number of hydrogen-bond donors (Lipinski definition) is 2. The van der Waals surface area contributed by atoms with Crippen molar-refractivity contribution in [2.24, 2.45) is 0 Å². The second-order valence-electron chi connectivity index (χ2n) is 4.99. The van der Waals surface area contributed by atoms with Crippen LogP contribution in [0.5, 0.6) is 0 Å². The Bertz CT molecular complexity index is 391. The van der Waals surface area contributed by atoms with Gasteiger partial charge in [-0.25, -0.2) is 4.98 Å². The van der Waals surface area contributed by atoms with Crippen molar-refractivity contribution in [2.75, 3.05) is 18.1 Å². The molecule has 100 valence electrons. The van der Waals surface area contributed by atoms with E-state index in [1.807, 2.05) is 19.1 Å². The minimum atomic E-state index is 0.0505. The average Bonchev–Trinajstić information content (AvgIpc) is 2.31. The predicted molar refractivity (Wildman–Crippen MR) is 71.6 cm³/mol. The summed E-state index contributed by atoms with van der Waals surface area (Å²) in [6.45, 7) is 3.05. The molecule has 1 aromatic heterocycles. The van der Waals surface area contributed by atoms with Crippen LogP contribution < -0.4 is 4.90 Å². The fourth-order valence-electron chi connectivity index (χ4n) is 2.38. The molecule has 1 fully saturated rings. The summed E-state index contributed by atoms with van der Waals surface area (Å²) in [5.74, 6) is 0.942. The standard InChI is InChI=1S/C14H22N2O2/c1-11-8-12(10-18)9-14(15-11)16(6-3-7-17)13-4-2-5-13/h8-9,13,17-18H,2-7,10H2,1H3. The van der Waals surface area contributed by atoms with Gasteiger partial charge in [-0.2, -0.15) is 0 Å². The minimum absolute atomic E-state index is 0.0505. The molecule has 1 saturated carbocycles. The van der Waals surface area contributed by atoms with Crippen molar-refractivity contribution in [1.82, 2.24) is 4.98 Å². The van der Waals surface area contributed by atoms with Gasteiger partial charge in [-0.3, -0.25) is 0 Å². The Balaban J connectivity index is 2.19. The Hall–Kier alpha value is -1.13. The van der Waals surface area contributed by atoms with E-state index in [1.54, 1.807) is 0 Å². The lowest BCUT2D eigenvalue weighted by Crippen LogP contribution is -2.41. The fourth-order valence-corrected chi connectivity index (χ4v) is 2.38. The summed E-state index contributed by atoms with van der Waals surface area (Å²) in [4.78, 5) is 6.85. The molecule has 0 saturated heterocycles. The smallest absolute Gasteiger partial charge is 0.129 e. The maximum Gasteiger partial charge on any atom is 0.129 e. The highest BCUT2D eigenvalue weighted by atomic mass is 16.3. The van der Waals surface area contributed by atoms with Crippen LogP contribution in [-0.2, 0) is 6.61 Å². The number of aryl methyl sites for hydroxylation is 1. The molecule has 0 amide bonds. The van der Waals surface area contributed by atoms with Crippen molar-refractivity contribution in [3.63, 3.8) is 0 Å². The highest BCUT2D eigenvalue weighted by Gasteiger charge is 2.25. The molecule has 0 unspecified atom stereocenters. The van der Waals surface area contributed by atoms with Crippen LogP contribution in [0.3, 0.4) is 0 Å². The number of nitrogens with zero attached hydrogens (tertiary/aromatic N) is 2. The van der Waals surface area contributed by atoms with E-state index in [0.717, 1.165) is 30.0 Å². The number of pyridine rings is 1. The predicted octanol–water partition coefficient (Wildman–Crippen LogP) is 1.62. The van der Waals surface area contributed by atoms with Crippen LogP contribution in [0, 0.1) is 6.92 Å². The first-order chi connectivity index (χ1) is 8.74. The lowest BCUT2D eigenvalue weighted by atomic mass is 9.91. The van der Waals surface area contributed by atoms with Gasteiger partial charge in [0.05, 0.1) is 6.61 Å². The van der Waals surface area contributed by atoms with Crippen molar-refractivity contribution >= 4 is 5.82 Å². The third kappa shape index (κ3) is 3.00. The highest BCUT2D eigenvalue weighted by Crippen LogP contribution is 2.29. The minimum Gasteiger partial charge on any atom is -0.396 e. The van der Waals surface area contributed by atoms with Gasteiger partial charge in [0.2, 0.25) is 0 Å². The van der Waals surface area contributed by atoms with Gasteiger partial charge in [0, 0.05) is 24.9 Å². The molecule has 18 heavy (non-hydrogen) atoms. The molecule has 4 heteroatoms. The normalized spacial score (nSPS) is 15.5. The summed E-state index contributed by atoms with van der Waals surface area (Å²) >= 11 is 0. The van der Waals surface area contributed by atoms with Crippen molar-refractivity contribution in [3.05, 3.63) is 23.4 Å². The molecule has 0 bridgehead atoms. The van der Waals surface area contributed by atoms with Crippen LogP contribution in [0.2, 0.25) is 0 Å². The molecule has 0 spiro atoms. The van der Waals surface area contributed by atoms with Crippen LogP contribution in [-0.4, -0.2) is 34.4 Å². The molecule has 1 heterocycles. The summed E-state index contributed by atoms with van der Waals surface area (Å²) in [6, 6.07) is 4.43. The molecule has 1 aliphatic rings. The first-order valence-electron chi connectivity index (χ1n) is 6.70. The number of aromatic nitrogens is 1. The summed E-state index contributed by atoms with van der Waals surface area (Å²) in [5.41, 5.74) is 1.84. The van der Waals surface area contributed by atoms with Crippen molar-refractivity contribution < 1.29 is 10.2 Å². The van der Waals surface area contributed by atoms with Gasteiger partial charge in [-0.1, -0.05) is 0 Å². The van der Waals surface area contributed by atoms with Gasteiger partial charge in [-0.15, -0.1) is 0 Å². The topological polar surface area (TPSA) is 56.6 Å². The molecule has 0 aliphatic heterocycles. The monoisotopic (exact) mass is 250 g/mol. The molecule has 0 aromatic carbocycles. The van der Waals surface area contributed by atoms with Crippen LogP contribution in [0.25, 0.3) is 0 Å². The van der Waals surface area contributed by atoms with E-state index in [-0.39, 0.29) is 13.2 Å². The molecule has 2 rings (SSSR count). The molecule has 2 N–H and O–H groups in total. The Morgan fingerprint density at radius 3 is 2.67 bits per heavy atom. The SMILES string of the molecule is Cc1cc(CO)cc(N(CCCO)C2CCC2)n1. The zero-order chi connectivity index (χ0) is 13.0.